The van der Waals surface area contributed by atoms with Crippen molar-refractivity contribution in [3.63, 3.8) is 0 Å². The fourth-order valence-corrected chi connectivity index (χ4v) is 2.65. The summed E-state index contributed by atoms with van der Waals surface area (Å²) in [6, 6.07) is 2.43. The lowest BCUT2D eigenvalue weighted by Gasteiger charge is -2.28. The molecule has 9 nitrogen and oxygen atoms in total. The summed E-state index contributed by atoms with van der Waals surface area (Å²) in [5.41, 5.74) is -0.884. The molecule has 14 heteroatoms. The highest BCUT2D eigenvalue weighted by molar-refractivity contribution is 6.36. The molecule has 0 amide bonds. The van der Waals surface area contributed by atoms with Gasteiger partial charge >= 0.3 is 18.3 Å². The molecule has 29 heavy (non-hydrogen) atoms. The van der Waals surface area contributed by atoms with Crippen molar-refractivity contribution in [2.45, 2.75) is 12.3 Å². The van der Waals surface area contributed by atoms with E-state index in [4.69, 9.17) is 27.9 Å². The standard InChI is InChI=1S/C15H10Cl2F3NO8/c16-8-3-7-4-9(12(15(18,19)20)29-11(7)10(17)5-8)13(22)26-6-27-14(23)25-1-2-28-21-24/h3-5,12H,1-2,6H2. The van der Waals surface area contributed by atoms with Gasteiger partial charge in [-0.05, 0) is 18.2 Å². The number of ether oxygens (including phenoxy) is 4. The normalized spacial score (nSPS) is 15.3. The second kappa shape index (κ2) is 9.65. The molecule has 1 aromatic carbocycles. The maximum Gasteiger partial charge on any atom is 0.511 e. The van der Waals surface area contributed by atoms with Gasteiger partial charge in [-0.2, -0.15) is 13.2 Å². The van der Waals surface area contributed by atoms with Crippen LogP contribution in [0.1, 0.15) is 5.56 Å². The lowest BCUT2D eigenvalue weighted by molar-refractivity contribution is -0.189. The first-order chi connectivity index (χ1) is 13.6. The molecule has 0 spiro atoms. The van der Waals surface area contributed by atoms with Gasteiger partial charge in [-0.3, -0.25) is 0 Å². The number of esters is 1. The van der Waals surface area contributed by atoms with Crippen LogP contribution >= 0.6 is 23.2 Å². The minimum absolute atomic E-state index is 0.0269. The number of alkyl halides is 3. The Kier molecular flexibility index (Phi) is 7.51. The van der Waals surface area contributed by atoms with Gasteiger partial charge in [0, 0.05) is 10.6 Å². The van der Waals surface area contributed by atoms with E-state index in [2.05, 4.69) is 19.0 Å². The molecular weight excluding hydrogens is 450 g/mol. The number of benzene rings is 1. The predicted octanol–water partition coefficient (Wildman–Crippen LogP) is 4.05. The zero-order valence-corrected chi connectivity index (χ0v) is 15.5. The molecule has 0 saturated carbocycles. The summed E-state index contributed by atoms with van der Waals surface area (Å²) < 4.78 is 58.1. The van der Waals surface area contributed by atoms with Crippen LogP contribution in [0.4, 0.5) is 18.0 Å². The van der Waals surface area contributed by atoms with Crippen LogP contribution in [0.2, 0.25) is 10.0 Å². The van der Waals surface area contributed by atoms with Crippen LogP contribution in [-0.4, -0.2) is 44.4 Å². The first kappa shape index (κ1) is 22.6. The number of carbonyl (C=O) groups excluding carboxylic acids is 2. The molecule has 158 valence electrons. The van der Waals surface area contributed by atoms with Gasteiger partial charge in [0.15, 0.2) is 11.9 Å². The molecule has 1 atom stereocenters. The zero-order chi connectivity index (χ0) is 21.6. The summed E-state index contributed by atoms with van der Waals surface area (Å²) in [6.07, 6.45) is -8.10. The van der Waals surface area contributed by atoms with Crippen LogP contribution in [0.15, 0.2) is 23.0 Å². The number of hydrogen-bond donors (Lipinski definition) is 0. The van der Waals surface area contributed by atoms with Crippen LogP contribution < -0.4 is 4.74 Å². The predicted molar refractivity (Wildman–Crippen MR) is 90.0 cm³/mol. The first-order valence-electron chi connectivity index (χ1n) is 7.48. The molecule has 0 aromatic heterocycles. The zero-order valence-electron chi connectivity index (χ0n) is 14.0. The Labute approximate surface area is 170 Å². The van der Waals surface area contributed by atoms with Gasteiger partial charge < -0.3 is 23.8 Å². The summed E-state index contributed by atoms with van der Waals surface area (Å²) in [7, 11) is 0. The van der Waals surface area contributed by atoms with Crippen molar-refractivity contribution >= 4 is 41.4 Å². The van der Waals surface area contributed by atoms with Gasteiger partial charge in [0.25, 0.3) is 0 Å². The van der Waals surface area contributed by atoms with Crippen molar-refractivity contribution in [3.8, 4) is 5.75 Å². The van der Waals surface area contributed by atoms with E-state index >= 15 is 0 Å². The highest BCUT2D eigenvalue weighted by atomic mass is 35.5. The third-order valence-corrected chi connectivity index (χ3v) is 3.71. The Morgan fingerprint density at radius 2 is 1.86 bits per heavy atom. The third kappa shape index (κ3) is 6.12. The molecule has 0 bridgehead atoms. The molecule has 0 N–H and O–H groups in total. The average molecular weight is 460 g/mol. The fraction of sp³-hybridized carbons (Fsp3) is 0.333. The largest absolute Gasteiger partial charge is 0.511 e. The molecule has 1 aliphatic heterocycles. The third-order valence-electron chi connectivity index (χ3n) is 3.21. The fourth-order valence-electron chi connectivity index (χ4n) is 2.10. The summed E-state index contributed by atoms with van der Waals surface area (Å²) in [5, 5.41) is 1.97. The molecule has 2 rings (SSSR count). The molecule has 1 aliphatic rings. The van der Waals surface area contributed by atoms with Gasteiger partial charge in [0.1, 0.15) is 12.4 Å². The van der Waals surface area contributed by atoms with E-state index in [1.807, 2.05) is 5.34 Å². The van der Waals surface area contributed by atoms with Crippen LogP contribution in [0.3, 0.4) is 0 Å². The van der Waals surface area contributed by atoms with Crippen molar-refractivity contribution < 1.29 is 46.5 Å². The van der Waals surface area contributed by atoms with Crippen LogP contribution in [0.5, 0.6) is 5.75 Å². The topological polar surface area (TPSA) is 110 Å². The van der Waals surface area contributed by atoms with Crippen LogP contribution in [0, 0.1) is 4.91 Å². The number of fused-ring (bicyclic) bond motifs is 1. The van der Waals surface area contributed by atoms with Crippen LogP contribution in [0.25, 0.3) is 6.08 Å². The Morgan fingerprint density at radius 3 is 2.52 bits per heavy atom. The molecule has 1 heterocycles. The van der Waals surface area contributed by atoms with E-state index in [-0.39, 0.29) is 28.0 Å². The van der Waals surface area contributed by atoms with E-state index in [9.17, 15) is 27.7 Å². The van der Waals surface area contributed by atoms with Crippen molar-refractivity contribution in [2.24, 2.45) is 5.34 Å². The van der Waals surface area contributed by atoms with Gasteiger partial charge in [0.2, 0.25) is 12.9 Å². The molecule has 0 fully saturated rings. The summed E-state index contributed by atoms with van der Waals surface area (Å²) in [6.45, 7) is -1.79. The quantitative estimate of drug-likeness (QED) is 0.197. The van der Waals surface area contributed by atoms with Gasteiger partial charge in [-0.25, -0.2) is 9.59 Å². The van der Waals surface area contributed by atoms with Crippen molar-refractivity contribution in [1.29, 1.82) is 0 Å². The maximum atomic E-state index is 13.3. The second-order valence-corrected chi connectivity index (χ2v) is 5.99. The lowest BCUT2D eigenvalue weighted by Crippen LogP contribution is -2.41. The van der Waals surface area contributed by atoms with E-state index in [1.54, 1.807) is 0 Å². The van der Waals surface area contributed by atoms with Crippen molar-refractivity contribution in [1.82, 2.24) is 0 Å². The second-order valence-electron chi connectivity index (χ2n) is 5.15. The van der Waals surface area contributed by atoms with Gasteiger partial charge in [0.05, 0.1) is 10.6 Å². The average Bonchev–Trinajstić information content (AvgIpc) is 2.63. The summed E-state index contributed by atoms with van der Waals surface area (Å²) >= 11 is 11.6. The SMILES string of the molecule is O=NOCCOC(=O)OCOC(=O)C1=Cc2cc(Cl)cc(Cl)c2OC1C(F)(F)F. The minimum Gasteiger partial charge on any atom is -0.474 e. The Balaban J connectivity index is 2.06. The van der Waals surface area contributed by atoms with Gasteiger partial charge in [-0.15, -0.1) is 4.91 Å². The summed E-state index contributed by atoms with van der Waals surface area (Å²) in [5.74, 6) is -1.77. The van der Waals surface area contributed by atoms with Gasteiger partial charge in [-0.1, -0.05) is 23.2 Å². The number of rotatable bonds is 7. The Bertz CT molecular complexity index is 831. The molecule has 0 radical (unpaired) electrons. The highest BCUT2D eigenvalue weighted by Crippen LogP contribution is 2.42. The van der Waals surface area contributed by atoms with Crippen molar-refractivity contribution in [3.05, 3.63) is 38.2 Å². The van der Waals surface area contributed by atoms with Crippen LogP contribution in [-0.2, 0) is 23.8 Å². The molecule has 0 aliphatic carbocycles. The van der Waals surface area contributed by atoms with E-state index in [0.29, 0.717) is 0 Å². The minimum atomic E-state index is -4.97. The molecule has 1 aromatic rings. The van der Waals surface area contributed by atoms with E-state index in [0.717, 1.165) is 6.08 Å². The van der Waals surface area contributed by atoms with E-state index < -0.39 is 43.4 Å². The monoisotopic (exact) mass is 459 g/mol. The number of hydrogen-bond acceptors (Lipinski definition) is 9. The number of nitrogens with zero attached hydrogens (tertiary/aromatic N) is 1. The Hall–Kier alpha value is -2.73. The molecule has 1 unspecified atom stereocenters. The highest BCUT2D eigenvalue weighted by Gasteiger charge is 2.49. The Morgan fingerprint density at radius 1 is 1.14 bits per heavy atom. The lowest BCUT2D eigenvalue weighted by atomic mass is 10.0. The van der Waals surface area contributed by atoms with Crippen molar-refractivity contribution in [2.75, 3.05) is 20.0 Å². The first-order valence-corrected chi connectivity index (χ1v) is 8.24. The number of carbonyl (C=O) groups is 2. The maximum absolute atomic E-state index is 13.3. The molecular formula is C15H10Cl2F3NO8. The number of halogens is 5. The smallest absolute Gasteiger partial charge is 0.474 e. The summed E-state index contributed by atoms with van der Waals surface area (Å²) in [4.78, 5) is 36.9. The van der Waals surface area contributed by atoms with E-state index in [1.165, 1.54) is 12.1 Å². The molecule has 0 saturated heterocycles.